The van der Waals surface area contributed by atoms with Crippen LogP contribution in [0.1, 0.15) is 44.7 Å². The van der Waals surface area contributed by atoms with E-state index in [0.29, 0.717) is 10.8 Å². The third-order valence-corrected chi connectivity index (χ3v) is 4.31. The first-order valence-electron chi connectivity index (χ1n) is 6.29. The molecule has 0 spiro atoms. The lowest BCUT2D eigenvalue weighted by Gasteiger charge is -2.11. The number of aryl methyl sites for hydroxylation is 1. The highest BCUT2D eigenvalue weighted by Gasteiger charge is 2.15. The SMILES string of the molecule is CCCc1ncc(-c2n[nH]c(=S)n2C(C)CC)s1. The van der Waals surface area contributed by atoms with E-state index in [1.807, 2.05) is 6.20 Å². The number of hydrogen-bond donors (Lipinski definition) is 1. The minimum absolute atomic E-state index is 0.350. The average Bonchev–Trinajstić information content (AvgIpc) is 2.95. The lowest BCUT2D eigenvalue weighted by molar-refractivity contribution is 0.529. The Bertz CT molecular complexity index is 567. The number of thiazole rings is 1. The Labute approximate surface area is 116 Å². The Morgan fingerprint density at radius 3 is 2.94 bits per heavy atom. The first-order valence-corrected chi connectivity index (χ1v) is 7.51. The van der Waals surface area contributed by atoms with Gasteiger partial charge in [-0.25, -0.2) is 4.98 Å². The molecule has 6 heteroatoms. The minimum atomic E-state index is 0.350. The molecule has 0 aromatic carbocycles. The van der Waals surface area contributed by atoms with E-state index in [1.165, 1.54) is 0 Å². The van der Waals surface area contributed by atoms with Gasteiger partial charge in [0.1, 0.15) is 0 Å². The Morgan fingerprint density at radius 1 is 1.50 bits per heavy atom. The summed E-state index contributed by atoms with van der Waals surface area (Å²) in [4.78, 5) is 5.52. The summed E-state index contributed by atoms with van der Waals surface area (Å²) in [5.74, 6) is 0.911. The zero-order valence-electron chi connectivity index (χ0n) is 10.9. The maximum atomic E-state index is 5.30. The standard InChI is InChI=1S/C12H18N4S2/c1-4-6-10-13-7-9(18-10)11-14-15-12(17)16(11)8(3)5-2/h7-8H,4-6H2,1-3H3,(H,15,17). The summed E-state index contributed by atoms with van der Waals surface area (Å²) in [6.07, 6.45) is 5.07. The van der Waals surface area contributed by atoms with Crippen LogP contribution in [0.3, 0.4) is 0 Å². The van der Waals surface area contributed by atoms with Crippen molar-refractivity contribution < 1.29 is 0 Å². The van der Waals surface area contributed by atoms with E-state index >= 15 is 0 Å². The Morgan fingerprint density at radius 2 is 2.28 bits per heavy atom. The van der Waals surface area contributed by atoms with Gasteiger partial charge in [-0.2, -0.15) is 5.10 Å². The number of H-pyrrole nitrogens is 1. The van der Waals surface area contributed by atoms with Crippen LogP contribution >= 0.6 is 23.6 Å². The molecule has 0 amide bonds. The summed E-state index contributed by atoms with van der Waals surface area (Å²) in [6, 6.07) is 0.350. The van der Waals surface area contributed by atoms with Crippen molar-refractivity contribution in [1.29, 1.82) is 0 Å². The summed E-state index contributed by atoms with van der Waals surface area (Å²) >= 11 is 7.01. The monoisotopic (exact) mass is 282 g/mol. The van der Waals surface area contributed by atoms with Crippen LogP contribution in [0.25, 0.3) is 10.7 Å². The molecule has 0 aliphatic heterocycles. The number of nitrogens with zero attached hydrogens (tertiary/aromatic N) is 3. The van der Waals surface area contributed by atoms with Gasteiger partial charge in [-0.1, -0.05) is 13.8 Å². The molecule has 2 heterocycles. The average molecular weight is 282 g/mol. The summed E-state index contributed by atoms with van der Waals surface area (Å²) in [7, 11) is 0. The van der Waals surface area contributed by atoms with Gasteiger partial charge in [-0.3, -0.25) is 9.67 Å². The van der Waals surface area contributed by atoms with Gasteiger partial charge in [0.05, 0.1) is 9.88 Å². The van der Waals surface area contributed by atoms with Gasteiger partial charge in [0.2, 0.25) is 0 Å². The van der Waals surface area contributed by atoms with E-state index in [1.54, 1.807) is 11.3 Å². The van der Waals surface area contributed by atoms with E-state index in [2.05, 4.69) is 40.5 Å². The van der Waals surface area contributed by atoms with Gasteiger partial charge in [-0.05, 0) is 38.4 Å². The number of hydrogen-bond acceptors (Lipinski definition) is 4. The van der Waals surface area contributed by atoms with Crippen molar-refractivity contribution in [3.63, 3.8) is 0 Å². The summed E-state index contributed by atoms with van der Waals surface area (Å²) in [6.45, 7) is 6.47. The molecule has 0 aliphatic carbocycles. The third-order valence-electron chi connectivity index (χ3n) is 2.97. The summed E-state index contributed by atoms with van der Waals surface area (Å²) in [5.41, 5.74) is 0. The van der Waals surface area contributed by atoms with Crippen molar-refractivity contribution in [3.05, 3.63) is 16.0 Å². The molecule has 1 unspecified atom stereocenters. The molecule has 0 saturated heterocycles. The molecular weight excluding hydrogens is 264 g/mol. The molecule has 0 fully saturated rings. The molecule has 18 heavy (non-hydrogen) atoms. The maximum Gasteiger partial charge on any atom is 0.195 e. The van der Waals surface area contributed by atoms with Gasteiger partial charge in [-0.15, -0.1) is 11.3 Å². The number of nitrogens with one attached hydrogen (secondary N) is 1. The van der Waals surface area contributed by atoms with Crippen LogP contribution in [0.4, 0.5) is 0 Å². The van der Waals surface area contributed by atoms with Crippen molar-refractivity contribution >= 4 is 23.6 Å². The predicted octanol–water partition coefficient (Wildman–Crippen LogP) is 3.99. The Kier molecular flexibility index (Phi) is 4.29. The minimum Gasteiger partial charge on any atom is -0.297 e. The molecule has 98 valence electrons. The second-order valence-corrected chi connectivity index (χ2v) is 5.85. The second-order valence-electron chi connectivity index (χ2n) is 4.35. The zero-order valence-corrected chi connectivity index (χ0v) is 12.6. The van der Waals surface area contributed by atoms with Gasteiger partial charge >= 0.3 is 0 Å². The Balaban J connectivity index is 2.40. The number of aromatic amines is 1. The van der Waals surface area contributed by atoms with Crippen molar-refractivity contribution in [2.45, 2.75) is 46.1 Å². The second kappa shape index (κ2) is 5.75. The van der Waals surface area contributed by atoms with Crippen LogP contribution in [0.15, 0.2) is 6.20 Å². The molecule has 2 aromatic rings. The Hall–Kier alpha value is -1.01. The highest BCUT2D eigenvalue weighted by atomic mass is 32.1. The van der Waals surface area contributed by atoms with Gasteiger partial charge in [0.25, 0.3) is 0 Å². The molecular formula is C12H18N4S2. The van der Waals surface area contributed by atoms with Crippen LogP contribution in [0.2, 0.25) is 0 Å². The van der Waals surface area contributed by atoms with E-state index in [9.17, 15) is 0 Å². The fraction of sp³-hybridized carbons (Fsp3) is 0.583. The van der Waals surface area contributed by atoms with E-state index in [0.717, 1.165) is 35.0 Å². The van der Waals surface area contributed by atoms with Crippen LogP contribution in [-0.2, 0) is 6.42 Å². The van der Waals surface area contributed by atoms with Crippen LogP contribution in [-0.4, -0.2) is 19.7 Å². The molecule has 0 saturated carbocycles. The van der Waals surface area contributed by atoms with E-state index in [4.69, 9.17) is 12.2 Å². The first-order chi connectivity index (χ1) is 8.67. The quantitative estimate of drug-likeness (QED) is 0.844. The van der Waals surface area contributed by atoms with Gasteiger partial charge < -0.3 is 0 Å². The third kappa shape index (κ3) is 2.54. The van der Waals surface area contributed by atoms with Crippen molar-refractivity contribution in [1.82, 2.24) is 19.7 Å². The normalized spacial score (nSPS) is 12.8. The van der Waals surface area contributed by atoms with E-state index < -0.39 is 0 Å². The van der Waals surface area contributed by atoms with Crippen LogP contribution in [0, 0.1) is 4.77 Å². The molecule has 2 rings (SSSR count). The lowest BCUT2D eigenvalue weighted by atomic mass is 10.2. The predicted molar refractivity (Wildman–Crippen MR) is 77.5 cm³/mol. The fourth-order valence-corrected chi connectivity index (χ4v) is 3.13. The van der Waals surface area contributed by atoms with Gasteiger partial charge in [0, 0.05) is 12.2 Å². The maximum absolute atomic E-state index is 5.30. The zero-order chi connectivity index (χ0) is 13.1. The molecule has 0 bridgehead atoms. The highest BCUT2D eigenvalue weighted by molar-refractivity contribution is 7.71. The van der Waals surface area contributed by atoms with Crippen molar-refractivity contribution in [2.24, 2.45) is 0 Å². The molecule has 4 nitrogen and oxygen atoms in total. The first kappa shape index (κ1) is 13.4. The topological polar surface area (TPSA) is 46.5 Å². The molecule has 0 radical (unpaired) electrons. The highest BCUT2D eigenvalue weighted by Crippen LogP contribution is 2.28. The molecule has 1 N–H and O–H groups in total. The lowest BCUT2D eigenvalue weighted by Crippen LogP contribution is -2.05. The van der Waals surface area contributed by atoms with Crippen molar-refractivity contribution in [2.75, 3.05) is 0 Å². The number of rotatable bonds is 5. The molecule has 0 aliphatic rings. The summed E-state index contributed by atoms with van der Waals surface area (Å²) in [5, 5.41) is 8.40. The van der Waals surface area contributed by atoms with Crippen LogP contribution in [0.5, 0.6) is 0 Å². The smallest absolute Gasteiger partial charge is 0.195 e. The van der Waals surface area contributed by atoms with E-state index in [-0.39, 0.29) is 0 Å². The summed E-state index contributed by atoms with van der Waals surface area (Å²) < 4.78 is 2.77. The number of aromatic nitrogens is 4. The fourth-order valence-electron chi connectivity index (χ4n) is 1.81. The molecule has 1 atom stereocenters. The van der Waals surface area contributed by atoms with Crippen LogP contribution < -0.4 is 0 Å². The van der Waals surface area contributed by atoms with Gasteiger partial charge in [0.15, 0.2) is 10.6 Å². The largest absolute Gasteiger partial charge is 0.297 e. The van der Waals surface area contributed by atoms with Crippen molar-refractivity contribution in [3.8, 4) is 10.7 Å². The molecule has 2 aromatic heterocycles.